The number of rotatable bonds is 8. The van der Waals surface area contributed by atoms with Crippen LogP contribution in [0, 0.1) is 0 Å². The first-order valence-corrected chi connectivity index (χ1v) is 28.9. The zero-order valence-corrected chi connectivity index (χ0v) is 45.3. The van der Waals surface area contributed by atoms with Crippen LogP contribution in [0.5, 0.6) is 0 Å². The van der Waals surface area contributed by atoms with Crippen LogP contribution < -0.4 is 0 Å². The largest absolute Gasteiger partial charge is 0.309 e. The van der Waals surface area contributed by atoms with Gasteiger partial charge in [-0.2, -0.15) is 9.97 Å². The molecule has 6 aromatic heterocycles. The van der Waals surface area contributed by atoms with Crippen molar-refractivity contribution >= 4 is 107 Å². The summed E-state index contributed by atoms with van der Waals surface area (Å²) in [7, 11) is 0. The third-order valence-corrected chi connectivity index (χ3v) is 18.2. The zero-order chi connectivity index (χ0) is 53.8. The molecule has 0 spiro atoms. The normalized spacial score (nSPS) is 11.9. The van der Waals surface area contributed by atoms with Gasteiger partial charge in [-0.15, -0.1) is 22.7 Å². The van der Waals surface area contributed by atoms with Gasteiger partial charge in [-0.05, 0) is 83.9 Å². The van der Waals surface area contributed by atoms with Crippen LogP contribution in [-0.2, 0) is 0 Å². The molecule has 0 aliphatic heterocycles. The fraction of sp³-hybridized carbons (Fsp3) is 0. The van der Waals surface area contributed by atoms with Crippen molar-refractivity contribution in [3.8, 4) is 79.7 Å². The maximum atomic E-state index is 5.37. The van der Waals surface area contributed by atoms with E-state index in [4.69, 9.17) is 29.9 Å². The zero-order valence-electron chi connectivity index (χ0n) is 43.6. The lowest BCUT2D eigenvalue weighted by atomic mass is 10.0. The lowest BCUT2D eigenvalue weighted by Gasteiger charge is -2.11. The van der Waals surface area contributed by atoms with E-state index < -0.39 is 0 Å². The Balaban J connectivity index is 0.762. The van der Waals surface area contributed by atoms with Gasteiger partial charge in [0.1, 0.15) is 0 Å². The molecular formula is C72H42N8S2. The first kappa shape index (κ1) is 46.4. The number of aromatic nitrogens is 8. The molecule has 6 heterocycles. The number of hydrogen-bond acceptors (Lipinski definition) is 8. The monoisotopic (exact) mass is 1080 g/mol. The molecule has 0 saturated heterocycles. The Bertz CT molecular complexity index is 5340. The lowest BCUT2D eigenvalue weighted by molar-refractivity contribution is 0.954. The number of fused-ring (bicyclic) bond motifs is 14. The van der Waals surface area contributed by atoms with Gasteiger partial charge in [-0.25, -0.2) is 19.9 Å². The molecule has 0 bridgehead atoms. The van der Waals surface area contributed by atoms with Crippen molar-refractivity contribution in [2.24, 2.45) is 0 Å². The molecule has 0 saturated carbocycles. The van der Waals surface area contributed by atoms with Gasteiger partial charge in [0.05, 0.1) is 22.1 Å². The summed E-state index contributed by atoms with van der Waals surface area (Å²) in [5, 5.41) is 9.84. The maximum absolute atomic E-state index is 5.37. The average Bonchev–Trinajstić information content (AvgIpc) is 3.37. The summed E-state index contributed by atoms with van der Waals surface area (Å²) in [6, 6.07) is 89.7. The van der Waals surface area contributed by atoms with Gasteiger partial charge in [0, 0.05) is 95.4 Å². The molecule has 0 aliphatic carbocycles. The molecule has 0 N–H and O–H groups in total. The standard InChI is InChI=1S/C72H42N8S2/c1-4-17-43(18-5-1)67-73-68(44-19-6-2-7-20-44)75-69(74-67)46-31-34-50(35-32-46)79-56-28-13-11-26-54(56)64-59(79)38-37-52-51-36-33-48(42-62(51)82-66(52)64)47-23-16-24-49(41-47)71-76-70(45-21-8-3-9-22-45)77-72(78-71)80-57-29-14-10-25-53(57)63-58(80)39-40-61-65(63)55-27-12-15-30-60(55)81-61/h1-42H. The highest BCUT2D eigenvalue weighted by molar-refractivity contribution is 7.27. The van der Waals surface area contributed by atoms with E-state index in [0.717, 1.165) is 66.7 Å². The van der Waals surface area contributed by atoms with Crippen LogP contribution in [0.3, 0.4) is 0 Å². The number of hydrogen-bond donors (Lipinski definition) is 0. The molecule has 0 unspecified atom stereocenters. The number of para-hydroxylation sites is 2. The highest BCUT2D eigenvalue weighted by Gasteiger charge is 2.23. The molecule has 0 amide bonds. The minimum absolute atomic E-state index is 0.575. The third-order valence-electron chi connectivity index (χ3n) is 15.8. The average molecular weight is 1080 g/mol. The van der Waals surface area contributed by atoms with Crippen molar-refractivity contribution in [2.45, 2.75) is 0 Å². The topological polar surface area (TPSA) is 87.2 Å². The summed E-state index contributed by atoms with van der Waals surface area (Å²) >= 11 is 3.69. The molecule has 0 atom stereocenters. The fourth-order valence-corrected chi connectivity index (χ4v) is 14.5. The predicted molar refractivity (Wildman–Crippen MR) is 340 cm³/mol. The SMILES string of the molecule is c1ccc(-c2nc(-c3ccccc3)nc(-c3ccc(-n4c5ccccc5c5c6sc7cc(-c8cccc(-c9nc(-c%10ccccc%10)nc(-n%10c%11ccccc%11c%11c%12c(ccc%11%10)sc%10ccccc%10%12)n9)c8)ccc7c6ccc54)cc3)n2)cc1. The summed E-state index contributed by atoms with van der Waals surface area (Å²) in [4.78, 5) is 30.8. The minimum atomic E-state index is 0.575. The molecule has 0 fully saturated rings. The third kappa shape index (κ3) is 7.43. The van der Waals surface area contributed by atoms with E-state index in [1.54, 1.807) is 0 Å². The van der Waals surface area contributed by atoms with Gasteiger partial charge < -0.3 is 4.57 Å². The quantitative estimate of drug-likeness (QED) is 0.151. The lowest BCUT2D eigenvalue weighted by Crippen LogP contribution is -2.06. The van der Waals surface area contributed by atoms with E-state index in [1.807, 2.05) is 102 Å². The van der Waals surface area contributed by atoms with Crippen LogP contribution in [0.4, 0.5) is 0 Å². The van der Waals surface area contributed by atoms with E-state index in [2.05, 4.69) is 185 Å². The van der Waals surface area contributed by atoms with E-state index in [-0.39, 0.29) is 0 Å². The Morgan fingerprint density at radius 3 is 1.39 bits per heavy atom. The summed E-state index contributed by atoms with van der Waals surface area (Å²) in [5.74, 6) is 3.70. The molecule has 382 valence electrons. The molecule has 10 heteroatoms. The molecular weight excluding hydrogens is 1040 g/mol. The van der Waals surface area contributed by atoms with E-state index in [9.17, 15) is 0 Å². The van der Waals surface area contributed by atoms with Crippen molar-refractivity contribution in [2.75, 3.05) is 0 Å². The first-order valence-electron chi connectivity index (χ1n) is 27.3. The van der Waals surface area contributed by atoms with Crippen LogP contribution in [0.1, 0.15) is 0 Å². The fourth-order valence-electron chi connectivity index (χ4n) is 12.1. The van der Waals surface area contributed by atoms with Crippen LogP contribution in [0.2, 0.25) is 0 Å². The van der Waals surface area contributed by atoms with E-state index >= 15 is 0 Å². The van der Waals surface area contributed by atoms with Gasteiger partial charge in [0.2, 0.25) is 5.95 Å². The Morgan fingerprint density at radius 1 is 0.244 bits per heavy atom. The van der Waals surface area contributed by atoms with Crippen molar-refractivity contribution < 1.29 is 0 Å². The van der Waals surface area contributed by atoms with Crippen LogP contribution in [0.25, 0.3) is 164 Å². The molecule has 17 rings (SSSR count). The second-order valence-electron chi connectivity index (χ2n) is 20.6. The van der Waals surface area contributed by atoms with Gasteiger partial charge >= 0.3 is 0 Å². The van der Waals surface area contributed by atoms with Crippen molar-refractivity contribution in [3.63, 3.8) is 0 Å². The number of nitrogens with zero attached hydrogens (tertiary/aromatic N) is 8. The molecule has 0 radical (unpaired) electrons. The van der Waals surface area contributed by atoms with E-state index in [1.165, 1.54) is 61.9 Å². The summed E-state index contributed by atoms with van der Waals surface area (Å²) in [6.45, 7) is 0. The van der Waals surface area contributed by atoms with Crippen LogP contribution >= 0.6 is 22.7 Å². The molecule has 8 nitrogen and oxygen atoms in total. The van der Waals surface area contributed by atoms with Crippen LogP contribution in [-0.4, -0.2) is 39.0 Å². The van der Waals surface area contributed by atoms with Crippen molar-refractivity contribution in [1.29, 1.82) is 0 Å². The van der Waals surface area contributed by atoms with Gasteiger partial charge in [0.25, 0.3) is 0 Å². The van der Waals surface area contributed by atoms with Crippen molar-refractivity contribution in [1.82, 2.24) is 39.0 Å². The minimum Gasteiger partial charge on any atom is -0.309 e. The predicted octanol–water partition coefficient (Wildman–Crippen LogP) is 19.0. The van der Waals surface area contributed by atoms with Crippen LogP contribution in [0.15, 0.2) is 255 Å². The second kappa shape index (κ2) is 18.5. The Morgan fingerprint density at radius 2 is 0.720 bits per heavy atom. The Kier molecular flexibility index (Phi) is 10.5. The smallest absolute Gasteiger partial charge is 0.238 e. The number of benzene rings is 11. The second-order valence-corrected chi connectivity index (χ2v) is 22.7. The van der Waals surface area contributed by atoms with Gasteiger partial charge in [0.15, 0.2) is 29.1 Å². The summed E-state index contributed by atoms with van der Waals surface area (Å²) < 4.78 is 9.63. The maximum Gasteiger partial charge on any atom is 0.238 e. The number of thiophene rings is 2. The molecule has 0 aliphatic rings. The highest BCUT2D eigenvalue weighted by atomic mass is 32.1. The van der Waals surface area contributed by atoms with E-state index in [0.29, 0.717) is 35.1 Å². The highest BCUT2D eigenvalue weighted by Crippen LogP contribution is 2.46. The van der Waals surface area contributed by atoms with Gasteiger partial charge in [-0.1, -0.05) is 182 Å². The summed E-state index contributed by atoms with van der Waals surface area (Å²) in [5.41, 5.74) is 12.3. The Hall–Kier alpha value is -10.5. The summed E-state index contributed by atoms with van der Waals surface area (Å²) in [6.07, 6.45) is 0. The Labute approximate surface area is 477 Å². The van der Waals surface area contributed by atoms with Crippen molar-refractivity contribution in [3.05, 3.63) is 255 Å². The molecule has 17 aromatic rings. The first-order chi connectivity index (χ1) is 40.6. The molecule has 11 aromatic carbocycles. The van der Waals surface area contributed by atoms with Gasteiger partial charge in [-0.3, -0.25) is 4.57 Å². The molecule has 82 heavy (non-hydrogen) atoms.